The second kappa shape index (κ2) is 7.95. The van der Waals surface area contributed by atoms with E-state index < -0.39 is 16.2 Å². The van der Waals surface area contributed by atoms with Gasteiger partial charge in [0.1, 0.15) is 0 Å². The molecule has 0 aliphatic heterocycles. The van der Waals surface area contributed by atoms with E-state index in [1.807, 2.05) is 36.4 Å². The van der Waals surface area contributed by atoms with Crippen molar-refractivity contribution in [2.45, 2.75) is 26.7 Å². The monoisotopic (exact) mass is 426 g/mol. The fourth-order valence-electron chi connectivity index (χ4n) is 1.84. The Labute approximate surface area is 138 Å². The molecule has 8 heteroatoms. The van der Waals surface area contributed by atoms with Crippen LogP contribution < -0.4 is 4.72 Å². The van der Waals surface area contributed by atoms with Crippen molar-refractivity contribution in [3.8, 4) is 0 Å². The van der Waals surface area contributed by atoms with Gasteiger partial charge in [0.2, 0.25) is 0 Å². The van der Waals surface area contributed by atoms with Gasteiger partial charge in [-0.2, -0.15) is 12.7 Å². The van der Waals surface area contributed by atoms with Crippen molar-refractivity contribution in [1.82, 2.24) is 4.31 Å². The van der Waals surface area contributed by atoms with Gasteiger partial charge in [-0.05, 0) is 53.6 Å². The van der Waals surface area contributed by atoms with E-state index in [9.17, 15) is 18.3 Å². The Morgan fingerprint density at radius 2 is 1.86 bits per heavy atom. The van der Waals surface area contributed by atoms with Crippen LogP contribution >= 0.6 is 22.6 Å². The molecule has 0 unspecified atom stereocenters. The van der Waals surface area contributed by atoms with E-state index in [1.165, 1.54) is 16.4 Å². The molecule has 21 heavy (non-hydrogen) atoms. The van der Waals surface area contributed by atoms with Crippen LogP contribution in [0.4, 0.5) is 5.69 Å². The lowest BCUT2D eigenvalue weighted by atomic mass is 10.2. The van der Waals surface area contributed by atoms with Gasteiger partial charge in [0.05, 0.1) is 11.3 Å². The Bertz CT molecular complexity index is 598. The predicted octanol–water partition coefficient (Wildman–Crippen LogP) is 2.77. The molecule has 0 atom stereocenters. The molecule has 1 aromatic carbocycles. The zero-order chi connectivity index (χ0) is 16.0. The molecule has 6 nitrogen and oxygen atoms in total. The number of anilines is 1. The van der Waals surface area contributed by atoms with Gasteiger partial charge in [-0.1, -0.05) is 13.8 Å². The van der Waals surface area contributed by atoms with Gasteiger partial charge in [0.25, 0.3) is 0 Å². The highest BCUT2D eigenvalue weighted by Crippen LogP contribution is 2.21. The number of rotatable bonds is 8. The summed E-state index contributed by atoms with van der Waals surface area (Å²) in [6.45, 7) is 4.59. The maximum atomic E-state index is 12.4. The first kappa shape index (κ1) is 18.2. The van der Waals surface area contributed by atoms with E-state index in [4.69, 9.17) is 0 Å². The predicted molar refractivity (Wildman–Crippen MR) is 90.8 cm³/mol. The van der Waals surface area contributed by atoms with Crippen molar-refractivity contribution in [1.29, 1.82) is 0 Å². The highest BCUT2D eigenvalue weighted by molar-refractivity contribution is 14.1. The third-order valence-corrected chi connectivity index (χ3v) is 4.93. The lowest BCUT2D eigenvalue weighted by Gasteiger charge is -2.22. The number of nitrogens with one attached hydrogen (secondary N) is 1. The first-order valence-corrected chi connectivity index (χ1v) is 9.14. The van der Waals surface area contributed by atoms with Gasteiger partial charge in [0, 0.05) is 16.7 Å². The average Bonchev–Trinajstić information content (AvgIpc) is 2.40. The van der Waals surface area contributed by atoms with Crippen LogP contribution in [0.15, 0.2) is 18.2 Å². The van der Waals surface area contributed by atoms with Gasteiger partial charge in [-0.25, -0.2) is 4.79 Å². The minimum atomic E-state index is -3.75. The fourth-order valence-corrected chi connectivity index (χ4v) is 3.76. The van der Waals surface area contributed by atoms with E-state index in [1.54, 1.807) is 6.07 Å². The number of carboxylic acid groups (broad SMARTS) is 1. The van der Waals surface area contributed by atoms with E-state index in [-0.39, 0.29) is 11.3 Å². The standard InChI is InChI=1S/C13H19IN2O4S/c1-3-7-16(8-4-2)21(19,20)15-12-6-5-10(14)9-11(12)13(17)18/h5-6,9,15H,3-4,7-8H2,1-2H3,(H,17,18). The van der Waals surface area contributed by atoms with Crippen molar-refractivity contribution in [3.63, 3.8) is 0 Å². The number of halogens is 1. The van der Waals surface area contributed by atoms with E-state index in [0.717, 1.165) is 3.57 Å². The first-order valence-electron chi connectivity index (χ1n) is 6.62. The van der Waals surface area contributed by atoms with Crippen LogP contribution in [0.5, 0.6) is 0 Å². The van der Waals surface area contributed by atoms with Gasteiger partial charge in [0.15, 0.2) is 0 Å². The Morgan fingerprint density at radius 1 is 1.29 bits per heavy atom. The highest BCUT2D eigenvalue weighted by atomic mass is 127. The molecular formula is C13H19IN2O4S. The molecule has 0 aliphatic carbocycles. The van der Waals surface area contributed by atoms with Gasteiger partial charge in [-0.15, -0.1) is 0 Å². The third-order valence-electron chi connectivity index (χ3n) is 2.74. The van der Waals surface area contributed by atoms with Crippen LogP contribution in [0, 0.1) is 3.57 Å². The summed E-state index contributed by atoms with van der Waals surface area (Å²) >= 11 is 1.98. The normalized spacial score (nSPS) is 11.6. The van der Waals surface area contributed by atoms with Crippen LogP contribution in [-0.4, -0.2) is 36.9 Å². The topological polar surface area (TPSA) is 86.7 Å². The smallest absolute Gasteiger partial charge is 0.337 e. The third kappa shape index (κ3) is 5.11. The molecule has 0 radical (unpaired) electrons. The summed E-state index contributed by atoms with van der Waals surface area (Å²) in [5.41, 5.74) is 0.0264. The maximum absolute atomic E-state index is 12.4. The lowest BCUT2D eigenvalue weighted by molar-refractivity contribution is 0.0698. The van der Waals surface area contributed by atoms with Gasteiger partial charge >= 0.3 is 16.2 Å². The summed E-state index contributed by atoms with van der Waals surface area (Å²) < 4.78 is 29.2. The van der Waals surface area contributed by atoms with Crippen LogP contribution in [-0.2, 0) is 10.2 Å². The van der Waals surface area contributed by atoms with Crippen LogP contribution in [0.25, 0.3) is 0 Å². The zero-order valence-corrected chi connectivity index (χ0v) is 14.9. The summed E-state index contributed by atoms with van der Waals surface area (Å²) in [4.78, 5) is 11.2. The number of benzene rings is 1. The Balaban J connectivity index is 3.11. The molecule has 0 spiro atoms. The van der Waals surface area contributed by atoms with Crippen LogP contribution in [0.2, 0.25) is 0 Å². The average molecular weight is 426 g/mol. The summed E-state index contributed by atoms with van der Waals surface area (Å²) in [6.07, 6.45) is 1.39. The number of carbonyl (C=O) groups is 1. The molecule has 0 aliphatic rings. The number of hydrogen-bond donors (Lipinski definition) is 2. The molecule has 0 amide bonds. The minimum Gasteiger partial charge on any atom is -0.478 e. The van der Waals surface area contributed by atoms with E-state index in [0.29, 0.717) is 25.9 Å². The molecule has 0 saturated carbocycles. The Hall–Kier alpha value is -0.870. The quantitative estimate of drug-likeness (QED) is 0.626. The fraction of sp³-hybridized carbons (Fsp3) is 0.462. The summed E-state index contributed by atoms with van der Waals surface area (Å²) in [6, 6.07) is 4.57. The molecule has 0 heterocycles. The molecule has 1 rings (SSSR count). The largest absolute Gasteiger partial charge is 0.478 e. The molecule has 2 N–H and O–H groups in total. The second-order valence-corrected chi connectivity index (χ2v) is 7.42. The number of aromatic carboxylic acids is 1. The molecule has 0 aromatic heterocycles. The van der Waals surface area contributed by atoms with Crippen molar-refractivity contribution < 1.29 is 18.3 Å². The summed E-state index contributed by atoms with van der Waals surface area (Å²) in [7, 11) is -3.75. The number of hydrogen-bond acceptors (Lipinski definition) is 3. The first-order chi connectivity index (χ1) is 9.81. The van der Waals surface area contributed by atoms with Gasteiger partial charge < -0.3 is 5.11 Å². The van der Waals surface area contributed by atoms with Crippen molar-refractivity contribution in [2.75, 3.05) is 17.8 Å². The summed E-state index contributed by atoms with van der Waals surface area (Å²) in [5.74, 6) is -1.16. The van der Waals surface area contributed by atoms with Crippen LogP contribution in [0.3, 0.4) is 0 Å². The van der Waals surface area contributed by atoms with Gasteiger partial charge in [-0.3, -0.25) is 4.72 Å². The van der Waals surface area contributed by atoms with Crippen molar-refractivity contribution >= 4 is 44.5 Å². The van der Waals surface area contributed by atoms with Crippen LogP contribution in [0.1, 0.15) is 37.0 Å². The molecule has 0 saturated heterocycles. The Kier molecular flexibility index (Phi) is 6.88. The zero-order valence-electron chi connectivity index (χ0n) is 12.0. The molecule has 0 bridgehead atoms. The highest BCUT2D eigenvalue weighted by Gasteiger charge is 2.22. The second-order valence-electron chi connectivity index (χ2n) is 4.50. The molecular weight excluding hydrogens is 407 g/mol. The minimum absolute atomic E-state index is 0.0570. The Morgan fingerprint density at radius 3 is 2.33 bits per heavy atom. The maximum Gasteiger partial charge on any atom is 0.337 e. The van der Waals surface area contributed by atoms with E-state index in [2.05, 4.69) is 4.72 Å². The summed E-state index contributed by atoms with van der Waals surface area (Å²) in [5, 5.41) is 9.18. The molecule has 0 fully saturated rings. The lowest BCUT2D eigenvalue weighted by Crippen LogP contribution is -2.37. The number of carboxylic acids is 1. The molecule has 118 valence electrons. The molecule has 1 aromatic rings. The number of nitrogens with zero attached hydrogens (tertiary/aromatic N) is 1. The SMILES string of the molecule is CCCN(CCC)S(=O)(=O)Nc1ccc(I)cc1C(=O)O. The van der Waals surface area contributed by atoms with Crippen molar-refractivity contribution in [3.05, 3.63) is 27.3 Å². The van der Waals surface area contributed by atoms with E-state index >= 15 is 0 Å². The van der Waals surface area contributed by atoms with Crippen molar-refractivity contribution in [2.24, 2.45) is 0 Å².